The van der Waals surface area contributed by atoms with E-state index in [2.05, 4.69) is 14.9 Å². The van der Waals surface area contributed by atoms with Crippen molar-refractivity contribution in [2.45, 2.75) is 36.9 Å². The van der Waals surface area contributed by atoms with E-state index in [0.29, 0.717) is 5.56 Å². The number of H-pyrrole nitrogens is 1. The van der Waals surface area contributed by atoms with Gasteiger partial charge in [-0.25, -0.2) is 13.1 Å². The fourth-order valence-corrected chi connectivity index (χ4v) is 4.91. The van der Waals surface area contributed by atoms with Crippen molar-refractivity contribution in [3.05, 3.63) is 33.6 Å². The van der Waals surface area contributed by atoms with Gasteiger partial charge in [0, 0.05) is 23.0 Å². The molecule has 1 atom stereocenters. The molecule has 1 aliphatic rings. The third kappa shape index (κ3) is 2.39. The van der Waals surface area contributed by atoms with Crippen molar-refractivity contribution in [2.24, 2.45) is 5.73 Å². The number of nitrogens with one attached hydrogen (secondary N) is 2. The third-order valence-corrected chi connectivity index (χ3v) is 6.00. The fourth-order valence-electron chi connectivity index (χ4n) is 2.53. The maximum Gasteiger partial charge on any atom is 0.258 e. The van der Waals surface area contributed by atoms with E-state index < -0.39 is 10.0 Å². The lowest BCUT2D eigenvalue weighted by Crippen LogP contribution is -2.31. The molecule has 1 unspecified atom stereocenters. The summed E-state index contributed by atoms with van der Waals surface area (Å²) in [5.41, 5.74) is 7.13. The number of thiophene rings is 1. The molecule has 0 amide bonds. The first-order chi connectivity index (χ1) is 9.62. The summed E-state index contributed by atoms with van der Waals surface area (Å²) in [5.74, 6) is 0. The van der Waals surface area contributed by atoms with E-state index in [9.17, 15) is 8.42 Å². The molecule has 0 aliphatic heterocycles. The topological polar surface area (TPSA) is 101 Å². The highest BCUT2D eigenvalue weighted by molar-refractivity contribution is 7.89. The minimum absolute atomic E-state index is 0.0716. The van der Waals surface area contributed by atoms with E-state index in [1.165, 1.54) is 11.1 Å². The summed E-state index contributed by atoms with van der Waals surface area (Å²) in [7, 11) is -3.62. The van der Waals surface area contributed by atoms with Gasteiger partial charge in [0.05, 0.1) is 6.20 Å². The fraction of sp³-hybridized carbons (Fsp3) is 0.417. The summed E-state index contributed by atoms with van der Waals surface area (Å²) in [4.78, 5) is 1.27. The number of nitrogens with zero attached hydrogens (tertiary/aromatic N) is 1. The van der Waals surface area contributed by atoms with Gasteiger partial charge in [-0.1, -0.05) is 0 Å². The summed E-state index contributed by atoms with van der Waals surface area (Å²) >= 11 is 1.69. The number of rotatable bonds is 4. The number of hydrogen-bond donors (Lipinski definition) is 3. The molecule has 108 valence electrons. The van der Waals surface area contributed by atoms with Gasteiger partial charge in [0.1, 0.15) is 0 Å². The Bertz CT molecular complexity index is 705. The molecule has 0 saturated heterocycles. The Morgan fingerprint density at radius 2 is 2.40 bits per heavy atom. The molecule has 20 heavy (non-hydrogen) atoms. The standard InChI is InChI=1S/C12H16N4O2S2/c13-6-8-7-14-15-12(8)20(17,18)16-10-2-1-3-11-9(10)4-5-19-11/h4-5,7,10,16H,1-3,6,13H2,(H,14,15). The second kappa shape index (κ2) is 5.28. The number of sulfonamides is 1. The van der Waals surface area contributed by atoms with E-state index in [1.807, 2.05) is 11.4 Å². The molecule has 0 fully saturated rings. The van der Waals surface area contributed by atoms with Crippen LogP contribution in [0.2, 0.25) is 0 Å². The zero-order valence-electron chi connectivity index (χ0n) is 10.8. The Morgan fingerprint density at radius 3 is 3.20 bits per heavy atom. The summed E-state index contributed by atoms with van der Waals surface area (Å²) in [5, 5.41) is 8.38. The van der Waals surface area contributed by atoms with Gasteiger partial charge in [-0.3, -0.25) is 5.10 Å². The number of aryl methyl sites for hydroxylation is 1. The van der Waals surface area contributed by atoms with Crippen LogP contribution in [0.5, 0.6) is 0 Å². The van der Waals surface area contributed by atoms with Crippen molar-refractivity contribution in [1.82, 2.24) is 14.9 Å². The van der Waals surface area contributed by atoms with E-state index in [1.54, 1.807) is 11.3 Å². The molecule has 3 rings (SSSR count). The van der Waals surface area contributed by atoms with Crippen LogP contribution < -0.4 is 10.5 Å². The Hall–Kier alpha value is -1.22. The normalized spacial score (nSPS) is 18.9. The molecule has 0 radical (unpaired) electrons. The van der Waals surface area contributed by atoms with Crippen molar-refractivity contribution in [1.29, 1.82) is 0 Å². The first-order valence-electron chi connectivity index (χ1n) is 6.42. The molecule has 0 bridgehead atoms. The Morgan fingerprint density at radius 1 is 1.55 bits per heavy atom. The number of fused-ring (bicyclic) bond motifs is 1. The lowest BCUT2D eigenvalue weighted by Gasteiger charge is -2.23. The summed E-state index contributed by atoms with van der Waals surface area (Å²) < 4.78 is 27.6. The number of aromatic nitrogens is 2. The summed E-state index contributed by atoms with van der Waals surface area (Å²) in [6, 6.07) is 1.84. The van der Waals surface area contributed by atoms with Crippen LogP contribution >= 0.6 is 11.3 Å². The van der Waals surface area contributed by atoms with Crippen molar-refractivity contribution >= 4 is 21.4 Å². The minimum atomic E-state index is -3.62. The van der Waals surface area contributed by atoms with E-state index >= 15 is 0 Å². The van der Waals surface area contributed by atoms with Crippen molar-refractivity contribution < 1.29 is 8.42 Å². The molecule has 2 aromatic heterocycles. The van der Waals surface area contributed by atoms with Gasteiger partial charge in [0.25, 0.3) is 10.0 Å². The molecular weight excluding hydrogens is 296 g/mol. The Kier molecular flexibility index (Phi) is 3.63. The average molecular weight is 312 g/mol. The smallest absolute Gasteiger partial charge is 0.258 e. The van der Waals surface area contributed by atoms with E-state index in [-0.39, 0.29) is 17.6 Å². The molecule has 2 aromatic rings. The summed E-state index contributed by atoms with van der Waals surface area (Å²) in [6.07, 6.45) is 4.29. The maximum atomic E-state index is 12.4. The molecule has 0 spiro atoms. The van der Waals surface area contributed by atoms with Gasteiger partial charge in [0.2, 0.25) is 0 Å². The predicted octanol–water partition coefficient (Wildman–Crippen LogP) is 1.29. The van der Waals surface area contributed by atoms with Crippen LogP contribution in [-0.2, 0) is 23.0 Å². The van der Waals surface area contributed by atoms with Crippen molar-refractivity contribution in [3.63, 3.8) is 0 Å². The number of hydrogen-bond acceptors (Lipinski definition) is 5. The Labute approximate surface area is 121 Å². The monoisotopic (exact) mass is 312 g/mol. The van der Waals surface area contributed by atoms with Gasteiger partial charge >= 0.3 is 0 Å². The first kappa shape index (κ1) is 13.7. The Balaban J connectivity index is 1.89. The minimum Gasteiger partial charge on any atom is -0.326 e. The third-order valence-electron chi connectivity index (χ3n) is 3.52. The maximum absolute atomic E-state index is 12.4. The second-order valence-corrected chi connectivity index (χ2v) is 7.45. The lowest BCUT2D eigenvalue weighted by atomic mass is 9.95. The van der Waals surface area contributed by atoms with Crippen LogP contribution in [-0.4, -0.2) is 18.6 Å². The van der Waals surface area contributed by atoms with Crippen LogP contribution in [0.1, 0.15) is 34.9 Å². The highest BCUT2D eigenvalue weighted by Gasteiger charge is 2.28. The quantitative estimate of drug-likeness (QED) is 0.791. The van der Waals surface area contributed by atoms with Gasteiger partial charge in [-0.2, -0.15) is 5.10 Å². The van der Waals surface area contributed by atoms with Crippen LogP contribution in [0.3, 0.4) is 0 Å². The molecule has 2 heterocycles. The predicted molar refractivity (Wildman–Crippen MR) is 76.8 cm³/mol. The zero-order chi connectivity index (χ0) is 14.2. The van der Waals surface area contributed by atoms with Crippen LogP contribution in [0.25, 0.3) is 0 Å². The van der Waals surface area contributed by atoms with E-state index in [4.69, 9.17) is 5.73 Å². The zero-order valence-corrected chi connectivity index (χ0v) is 12.4. The SMILES string of the molecule is NCc1cn[nH]c1S(=O)(=O)NC1CCCc2sccc21. The second-order valence-electron chi connectivity index (χ2n) is 4.79. The molecule has 6 nitrogen and oxygen atoms in total. The number of nitrogens with two attached hydrogens (primary N) is 1. The van der Waals surface area contributed by atoms with Gasteiger partial charge in [-0.15, -0.1) is 11.3 Å². The van der Waals surface area contributed by atoms with Crippen LogP contribution in [0, 0.1) is 0 Å². The van der Waals surface area contributed by atoms with Crippen molar-refractivity contribution in [3.8, 4) is 0 Å². The van der Waals surface area contributed by atoms with E-state index in [0.717, 1.165) is 24.8 Å². The molecule has 0 aromatic carbocycles. The number of aromatic amines is 1. The van der Waals surface area contributed by atoms with Crippen LogP contribution in [0.4, 0.5) is 0 Å². The molecule has 1 aliphatic carbocycles. The molecule has 4 N–H and O–H groups in total. The highest BCUT2D eigenvalue weighted by Crippen LogP contribution is 2.34. The molecular formula is C12H16N4O2S2. The average Bonchev–Trinajstić information content (AvgIpc) is 3.07. The summed E-state index contributed by atoms with van der Waals surface area (Å²) in [6.45, 7) is 0.140. The van der Waals surface area contributed by atoms with Gasteiger partial charge < -0.3 is 5.73 Å². The van der Waals surface area contributed by atoms with Gasteiger partial charge in [0.15, 0.2) is 5.03 Å². The van der Waals surface area contributed by atoms with Crippen molar-refractivity contribution in [2.75, 3.05) is 0 Å². The first-order valence-corrected chi connectivity index (χ1v) is 8.79. The lowest BCUT2D eigenvalue weighted by molar-refractivity contribution is 0.508. The molecule has 8 heteroatoms. The highest BCUT2D eigenvalue weighted by atomic mass is 32.2. The van der Waals surface area contributed by atoms with Crippen LogP contribution in [0.15, 0.2) is 22.7 Å². The largest absolute Gasteiger partial charge is 0.326 e. The molecule has 0 saturated carbocycles. The van der Waals surface area contributed by atoms with Gasteiger partial charge in [-0.05, 0) is 36.3 Å².